The van der Waals surface area contributed by atoms with Crippen LogP contribution < -0.4 is 16.3 Å². The maximum atomic E-state index is 12.8. The summed E-state index contributed by atoms with van der Waals surface area (Å²) in [7, 11) is 6.01. The van der Waals surface area contributed by atoms with Crippen molar-refractivity contribution in [1.29, 1.82) is 0 Å². The van der Waals surface area contributed by atoms with Crippen LogP contribution in [0.1, 0.15) is 46.1 Å². The summed E-state index contributed by atoms with van der Waals surface area (Å²) in [6.45, 7) is 3.85. The summed E-state index contributed by atoms with van der Waals surface area (Å²) >= 11 is 0. The molecule has 1 aromatic carbocycles. The largest absolute Gasteiger partial charge is 0.348 e. The molecule has 26 heavy (non-hydrogen) atoms. The molecule has 1 fully saturated rings. The number of nitrogens with one attached hydrogen (secondary N) is 2. The summed E-state index contributed by atoms with van der Waals surface area (Å²) in [5.41, 5.74) is 3.91. The first kappa shape index (κ1) is 16.6. The van der Waals surface area contributed by atoms with E-state index in [4.69, 9.17) is 7.85 Å². The van der Waals surface area contributed by atoms with Crippen molar-refractivity contribution in [2.45, 2.75) is 39.3 Å². The van der Waals surface area contributed by atoms with Crippen molar-refractivity contribution in [1.82, 2.24) is 20.1 Å². The molecule has 6 nitrogen and oxygen atoms in total. The van der Waals surface area contributed by atoms with Gasteiger partial charge in [-0.3, -0.25) is 14.3 Å². The number of aromatic amines is 1. The number of amides is 1. The first-order valence-electron chi connectivity index (χ1n) is 8.68. The number of fused-ring (bicyclic) bond motifs is 1. The van der Waals surface area contributed by atoms with E-state index in [2.05, 4.69) is 15.4 Å². The minimum atomic E-state index is -0.267. The molecule has 0 bridgehead atoms. The second kappa shape index (κ2) is 6.16. The first-order chi connectivity index (χ1) is 12.4. The van der Waals surface area contributed by atoms with Crippen LogP contribution in [-0.2, 0) is 6.54 Å². The van der Waals surface area contributed by atoms with Crippen molar-refractivity contribution in [2.75, 3.05) is 0 Å². The van der Waals surface area contributed by atoms with Crippen LogP contribution in [-0.4, -0.2) is 28.5 Å². The highest BCUT2D eigenvalue weighted by Gasteiger charge is 2.27. The van der Waals surface area contributed by atoms with Crippen molar-refractivity contribution >= 4 is 30.1 Å². The summed E-state index contributed by atoms with van der Waals surface area (Å²) < 4.78 is 1.94. The molecule has 0 atom stereocenters. The Balaban J connectivity index is 1.64. The number of hydrogen-bond acceptors (Lipinski definition) is 3. The van der Waals surface area contributed by atoms with Crippen molar-refractivity contribution in [3.63, 3.8) is 0 Å². The lowest BCUT2D eigenvalue weighted by atomic mass is 9.92. The number of benzene rings is 1. The minimum Gasteiger partial charge on any atom is -0.348 e. The normalized spacial score (nSPS) is 13.9. The highest BCUT2D eigenvalue weighted by atomic mass is 16.1. The molecule has 1 aliphatic rings. The third-order valence-electron chi connectivity index (χ3n) is 4.80. The molecule has 0 spiro atoms. The molecule has 2 radical (unpaired) electrons. The van der Waals surface area contributed by atoms with Crippen LogP contribution in [0.25, 0.3) is 10.9 Å². The maximum Gasteiger partial charge on any atom is 0.253 e. The molecule has 2 N–H and O–H groups in total. The number of pyridine rings is 1. The van der Waals surface area contributed by atoms with E-state index in [9.17, 15) is 9.59 Å². The first-order valence-corrected chi connectivity index (χ1v) is 8.68. The SMILES string of the molecule is [B]c1cc(C(=O)NCc2c(C)cc(C)[nH]c2=O)c2cnn(C3CC3)c2c1. The van der Waals surface area contributed by atoms with Gasteiger partial charge in [0.05, 0.1) is 17.8 Å². The maximum absolute atomic E-state index is 12.8. The lowest BCUT2D eigenvalue weighted by molar-refractivity contribution is 0.0952. The second-order valence-corrected chi connectivity index (χ2v) is 6.95. The van der Waals surface area contributed by atoms with Gasteiger partial charge in [0, 0.05) is 28.8 Å². The molecule has 1 saturated carbocycles. The van der Waals surface area contributed by atoms with E-state index < -0.39 is 0 Å². The quantitative estimate of drug-likeness (QED) is 0.701. The highest BCUT2D eigenvalue weighted by molar-refractivity contribution is 6.34. The van der Waals surface area contributed by atoms with Gasteiger partial charge in [0.25, 0.3) is 11.5 Å². The average molecular weight is 346 g/mol. The zero-order valence-corrected chi connectivity index (χ0v) is 14.8. The molecule has 2 heterocycles. The molecule has 7 heteroatoms. The van der Waals surface area contributed by atoms with Crippen LogP contribution >= 0.6 is 0 Å². The Morgan fingerprint density at radius 2 is 2.12 bits per heavy atom. The van der Waals surface area contributed by atoms with E-state index in [0.29, 0.717) is 22.6 Å². The van der Waals surface area contributed by atoms with Gasteiger partial charge in [-0.15, -0.1) is 0 Å². The predicted octanol–water partition coefficient (Wildman–Crippen LogP) is 1.40. The number of H-pyrrole nitrogens is 1. The number of aryl methyl sites for hydroxylation is 2. The molecule has 2 aromatic heterocycles. The van der Waals surface area contributed by atoms with Gasteiger partial charge in [0.2, 0.25) is 0 Å². The zero-order valence-electron chi connectivity index (χ0n) is 14.8. The zero-order chi connectivity index (χ0) is 18.4. The molecular weight excluding hydrogens is 327 g/mol. The van der Waals surface area contributed by atoms with E-state index in [0.717, 1.165) is 35.0 Å². The van der Waals surface area contributed by atoms with Gasteiger partial charge in [-0.1, -0.05) is 11.5 Å². The van der Waals surface area contributed by atoms with Crippen LogP contribution in [0.4, 0.5) is 0 Å². The van der Waals surface area contributed by atoms with E-state index in [-0.39, 0.29) is 18.0 Å². The average Bonchev–Trinajstić information content (AvgIpc) is 3.33. The molecule has 4 rings (SSSR count). The van der Waals surface area contributed by atoms with Gasteiger partial charge in [0.1, 0.15) is 7.85 Å². The van der Waals surface area contributed by atoms with Crippen LogP contribution in [0.5, 0.6) is 0 Å². The van der Waals surface area contributed by atoms with Crippen LogP contribution in [0.3, 0.4) is 0 Å². The Labute approximate surface area is 152 Å². The molecule has 130 valence electrons. The fourth-order valence-corrected chi connectivity index (χ4v) is 3.33. The monoisotopic (exact) mass is 346 g/mol. The number of nitrogens with zero attached hydrogens (tertiary/aromatic N) is 2. The van der Waals surface area contributed by atoms with Crippen LogP contribution in [0.15, 0.2) is 29.2 Å². The van der Waals surface area contributed by atoms with Crippen LogP contribution in [0.2, 0.25) is 0 Å². The third kappa shape index (κ3) is 2.94. The summed E-state index contributed by atoms with van der Waals surface area (Å²) in [6, 6.07) is 5.80. The predicted molar refractivity (Wildman–Crippen MR) is 101 cm³/mol. The summed E-state index contributed by atoms with van der Waals surface area (Å²) in [5.74, 6) is -0.267. The van der Waals surface area contributed by atoms with Gasteiger partial charge in [-0.2, -0.15) is 5.10 Å². The number of rotatable bonds is 4. The highest BCUT2D eigenvalue weighted by Crippen LogP contribution is 2.36. The van der Waals surface area contributed by atoms with Gasteiger partial charge in [-0.25, -0.2) is 0 Å². The van der Waals surface area contributed by atoms with Crippen molar-refractivity contribution in [3.8, 4) is 0 Å². The summed E-state index contributed by atoms with van der Waals surface area (Å²) in [5, 5.41) is 8.04. The Kier molecular flexibility index (Phi) is 3.94. The Morgan fingerprint density at radius 1 is 1.35 bits per heavy atom. The summed E-state index contributed by atoms with van der Waals surface area (Å²) in [6.07, 6.45) is 3.91. The molecule has 0 saturated heterocycles. The Morgan fingerprint density at radius 3 is 2.81 bits per heavy atom. The van der Waals surface area contributed by atoms with E-state index in [1.165, 1.54) is 0 Å². The smallest absolute Gasteiger partial charge is 0.253 e. The number of carbonyl (C=O) groups excluding carboxylic acids is 1. The van der Waals surface area contributed by atoms with Crippen molar-refractivity contribution in [2.24, 2.45) is 0 Å². The van der Waals surface area contributed by atoms with E-state index >= 15 is 0 Å². The molecule has 1 aliphatic carbocycles. The number of hydrogen-bond donors (Lipinski definition) is 2. The van der Waals surface area contributed by atoms with Crippen molar-refractivity contribution in [3.05, 3.63) is 57.1 Å². The summed E-state index contributed by atoms with van der Waals surface area (Å²) in [4.78, 5) is 27.6. The van der Waals surface area contributed by atoms with Gasteiger partial charge >= 0.3 is 0 Å². The Bertz CT molecular complexity index is 1080. The fraction of sp³-hybridized carbons (Fsp3) is 0.316. The molecule has 1 amide bonds. The number of carbonyl (C=O) groups is 1. The topological polar surface area (TPSA) is 79.8 Å². The molecule has 0 aliphatic heterocycles. The van der Waals surface area contributed by atoms with E-state index in [1.54, 1.807) is 12.3 Å². The molecule has 3 aromatic rings. The third-order valence-corrected chi connectivity index (χ3v) is 4.80. The standard InChI is InChI=1S/C19H19BN4O2/c1-10-5-11(2)23-19(26)15(10)8-21-18(25)14-6-12(20)7-17-16(14)9-22-24(17)13-3-4-13/h5-7,9,13H,3-4,8H2,1-2H3,(H,21,25)(H,23,26). The van der Waals surface area contributed by atoms with Gasteiger partial charge < -0.3 is 10.3 Å². The Hall–Kier alpha value is -2.83. The van der Waals surface area contributed by atoms with Crippen molar-refractivity contribution < 1.29 is 4.79 Å². The van der Waals surface area contributed by atoms with Gasteiger partial charge in [-0.05, 0) is 44.4 Å². The second-order valence-electron chi connectivity index (χ2n) is 6.95. The lowest BCUT2D eigenvalue weighted by Gasteiger charge is -2.10. The van der Waals surface area contributed by atoms with Crippen LogP contribution in [0, 0.1) is 13.8 Å². The minimum absolute atomic E-state index is 0.160. The van der Waals surface area contributed by atoms with E-state index in [1.807, 2.05) is 30.7 Å². The van der Waals surface area contributed by atoms with Gasteiger partial charge in [0.15, 0.2) is 0 Å². The number of aromatic nitrogens is 3. The molecular formula is C19H19BN4O2. The fourth-order valence-electron chi connectivity index (χ4n) is 3.33. The molecule has 0 unspecified atom stereocenters. The lowest BCUT2D eigenvalue weighted by Crippen LogP contribution is -2.28.